The van der Waals surface area contributed by atoms with Gasteiger partial charge in [0.25, 0.3) is 0 Å². The third-order valence-corrected chi connectivity index (χ3v) is 13.4. The van der Waals surface area contributed by atoms with Crippen molar-refractivity contribution in [2.45, 2.75) is 131 Å². The molecule has 0 N–H and O–H groups in total. The van der Waals surface area contributed by atoms with Crippen molar-refractivity contribution in [3.63, 3.8) is 0 Å². The third-order valence-electron chi connectivity index (χ3n) is 13.4. The fraction of sp³-hybridized carbons (Fsp3) is 0.369. The van der Waals surface area contributed by atoms with Gasteiger partial charge in [-0.15, -0.1) is 0 Å². The molecule has 78 heavy (non-hydrogen) atoms. The van der Waals surface area contributed by atoms with Crippen LogP contribution < -0.4 is 0 Å². The van der Waals surface area contributed by atoms with Crippen molar-refractivity contribution < 1.29 is 63.1 Å². The van der Waals surface area contributed by atoms with E-state index in [0.717, 1.165) is 22.3 Å². The average molecular weight is 1060 g/mol. The third kappa shape index (κ3) is 15.5. The van der Waals surface area contributed by atoms with Crippen LogP contribution in [0.4, 0.5) is 0 Å². The molecule has 0 saturated heterocycles. The van der Waals surface area contributed by atoms with E-state index in [0.29, 0.717) is 25.7 Å². The van der Waals surface area contributed by atoms with E-state index in [4.69, 9.17) is 39.1 Å². The van der Waals surface area contributed by atoms with E-state index in [1.807, 2.05) is 177 Å². The summed E-state index contributed by atoms with van der Waals surface area (Å²) in [6, 6.07) is 44.6. The lowest BCUT2D eigenvalue weighted by Gasteiger charge is -2.30. The molecule has 0 amide bonds. The van der Waals surface area contributed by atoms with Gasteiger partial charge in [-0.2, -0.15) is 19.6 Å². The summed E-state index contributed by atoms with van der Waals surface area (Å²) in [6.07, 6.45) is 1.82. The molecule has 6 aromatic rings. The summed E-state index contributed by atoms with van der Waals surface area (Å²) in [4.78, 5) is 118. The quantitative estimate of drug-likeness (QED) is 0.0287. The Morgan fingerprint density at radius 1 is 0.321 bits per heavy atom. The van der Waals surface area contributed by atoms with Crippen LogP contribution in [0.5, 0.6) is 0 Å². The van der Waals surface area contributed by atoms with Crippen molar-refractivity contribution in [2.24, 2.45) is 23.7 Å². The van der Waals surface area contributed by atoms with E-state index in [-0.39, 0.29) is 45.9 Å². The van der Waals surface area contributed by atoms with E-state index in [9.17, 15) is 24.0 Å². The maximum absolute atomic E-state index is 14.8. The summed E-state index contributed by atoms with van der Waals surface area (Å²) in [5, 5.41) is 0. The van der Waals surface area contributed by atoms with Crippen molar-refractivity contribution in [2.75, 3.05) is 0 Å². The lowest BCUT2D eigenvalue weighted by molar-refractivity contribution is -0.322. The van der Waals surface area contributed by atoms with Gasteiger partial charge in [-0.3, -0.25) is 24.3 Å². The van der Waals surface area contributed by atoms with Gasteiger partial charge in [-0.25, -0.2) is 19.2 Å². The summed E-state index contributed by atoms with van der Waals surface area (Å²) in [7, 11) is 0. The molecule has 0 aromatic heterocycles. The standard InChI is InChI=1S/C65H74O13/c1-43(2)39-62(9,49-25-17-13-18-26-49)75-71-58(67)53-35-33-47(37-55(53)60(69)73-77-64(11,41-45(5)6)51-29-21-15-22-30-51)57(66)48-34-36-54(59(68)72-76-63(10,40-44(3)4)50-27-19-14-20-28-50)56(38-48)61(70)74-78-65(12,42-46(7)8)52-31-23-16-24-32-52/h13-38,43-46H,39-42H2,1-12H3. The van der Waals surface area contributed by atoms with E-state index >= 15 is 0 Å². The van der Waals surface area contributed by atoms with Crippen LogP contribution in [-0.4, -0.2) is 29.7 Å². The van der Waals surface area contributed by atoms with Crippen LogP contribution in [0.3, 0.4) is 0 Å². The monoisotopic (exact) mass is 1060 g/mol. The summed E-state index contributed by atoms with van der Waals surface area (Å²) in [5.74, 6) is -4.60. The molecule has 0 aliphatic rings. The molecule has 6 aromatic carbocycles. The molecule has 13 nitrogen and oxygen atoms in total. The Balaban J connectivity index is 1.40. The molecular formula is C65H74O13. The molecule has 0 aliphatic carbocycles. The highest BCUT2D eigenvalue weighted by atomic mass is 17.2. The van der Waals surface area contributed by atoms with Crippen LogP contribution >= 0.6 is 0 Å². The van der Waals surface area contributed by atoms with Crippen molar-refractivity contribution in [3.8, 4) is 0 Å². The Hall–Kier alpha value is -7.29. The highest BCUT2D eigenvalue weighted by molar-refractivity contribution is 6.13. The molecule has 0 bridgehead atoms. The van der Waals surface area contributed by atoms with Gasteiger partial charge >= 0.3 is 23.9 Å². The van der Waals surface area contributed by atoms with Gasteiger partial charge in [-0.05, 0) is 124 Å². The van der Waals surface area contributed by atoms with Gasteiger partial charge in [0.05, 0.1) is 22.3 Å². The van der Waals surface area contributed by atoms with Gasteiger partial charge in [-0.1, -0.05) is 189 Å². The van der Waals surface area contributed by atoms with Gasteiger partial charge in [0, 0.05) is 11.1 Å². The number of rotatable bonds is 26. The molecule has 13 heteroatoms. The van der Waals surface area contributed by atoms with Crippen molar-refractivity contribution >= 4 is 29.7 Å². The molecule has 0 spiro atoms. The van der Waals surface area contributed by atoms with E-state index in [2.05, 4.69) is 0 Å². The van der Waals surface area contributed by atoms with Crippen LogP contribution in [0.15, 0.2) is 158 Å². The number of benzene rings is 6. The normalized spacial score (nSPS) is 14.7. The van der Waals surface area contributed by atoms with Crippen LogP contribution in [0.2, 0.25) is 0 Å². The lowest BCUT2D eigenvalue weighted by Crippen LogP contribution is -2.31. The first-order valence-electron chi connectivity index (χ1n) is 26.6. The summed E-state index contributed by atoms with van der Waals surface area (Å²) < 4.78 is 0. The largest absolute Gasteiger partial charge is 0.374 e. The number of carbonyl (C=O) groups is 5. The molecule has 412 valence electrons. The van der Waals surface area contributed by atoms with Gasteiger partial charge in [0.2, 0.25) is 0 Å². The zero-order valence-corrected chi connectivity index (χ0v) is 47.0. The lowest BCUT2D eigenvalue weighted by atomic mass is 9.87. The minimum absolute atomic E-state index is 0.101. The van der Waals surface area contributed by atoms with E-state index in [1.54, 1.807) is 27.7 Å². The average Bonchev–Trinajstić information content (AvgIpc) is 3.42. The number of ketones is 1. The number of carbonyl (C=O) groups excluding carboxylic acids is 5. The van der Waals surface area contributed by atoms with Crippen LogP contribution in [0, 0.1) is 23.7 Å². The maximum atomic E-state index is 14.8. The molecule has 0 radical (unpaired) electrons. The Morgan fingerprint density at radius 3 is 0.756 bits per heavy atom. The van der Waals surface area contributed by atoms with Crippen LogP contribution in [0.25, 0.3) is 0 Å². The highest BCUT2D eigenvalue weighted by Gasteiger charge is 2.38. The molecule has 4 unspecified atom stereocenters. The first-order valence-corrected chi connectivity index (χ1v) is 26.6. The summed E-state index contributed by atoms with van der Waals surface area (Å²) in [6.45, 7) is 23.2. The molecule has 0 saturated carbocycles. The van der Waals surface area contributed by atoms with Crippen molar-refractivity contribution in [1.29, 1.82) is 0 Å². The second-order valence-corrected chi connectivity index (χ2v) is 22.4. The molecule has 0 heterocycles. The second kappa shape index (κ2) is 26.4. The van der Waals surface area contributed by atoms with E-state index < -0.39 is 63.2 Å². The molecule has 6 rings (SSSR count). The molecule has 0 fully saturated rings. The Bertz CT molecular complexity index is 2780. The first kappa shape index (κ1) is 59.9. The zero-order chi connectivity index (χ0) is 56.8. The maximum Gasteiger partial charge on any atom is 0.374 e. The van der Waals surface area contributed by atoms with Crippen LogP contribution in [0.1, 0.15) is 188 Å². The van der Waals surface area contributed by atoms with Gasteiger partial charge in [0.15, 0.2) is 5.78 Å². The predicted molar refractivity (Wildman–Crippen MR) is 295 cm³/mol. The zero-order valence-electron chi connectivity index (χ0n) is 47.0. The summed E-state index contributed by atoms with van der Waals surface area (Å²) >= 11 is 0. The SMILES string of the molecule is CC(C)CC(C)(OOC(=O)c1ccc(C(=O)c2ccc(C(=O)OOC(C)(CC(C)C)c3ccccc3)c(C(=O)OOC(C)(CC(C)C)c3ccccc3)c2)cc1C(=O)OOC(C)(CC(C)C)c1ccccc1)c1ccccc1. The fourth-order valence-corrected chi connectivity index (χ4v) is 10.0. The Morgan fingerprint density at radius 2 is 0.538 bits per heavy atom. The first-order chi connectivity index (χ1) is 37.0. The number of hydrogen-bond acceptors (Lipinski definition) is 13. The minimum Gasteiger partial charge on any atom is -0.292 e. The molecule has 0 aliphatic heterocycles. The van der Waals surface area contributed by atoms with Crippen LogP contribution in [-0.2, 0) is 61.5 Å². The fourth-order valence-electron chi connectivity index (χ4n) is 10.0. The Labute approximate surface area is 459 Å². The van der Waals surface area contributed by atoms with Gasteiger partial charge < -0.3 is 0 Å². The van der Waals surface area contributed by atoms with E-state index in [1.165, 1.54) is 36.4 Å². The predicted octanol–water partition coefficient (Wildman–Crippen LogP) is 15.1. The molecular weight excluding hydrogens is 989 g/mol. The summed E-state index contributed by atoms with van der Waals surface area (Å²) in [5.41, 5.74) is -3.05. The number of hydrogen-bond donors (Lipinski definition) is 0. The minimum atomic E-state index is -1.12. The molecule has 4 atom stereocenters. The highest BCUT2D eigenvalue weighted by Crippen LogP contribution is 2.38. The van der Waals surface area contributed by atoms with Crippen molar-refractivity contribution in [1.82, 2.24) is 0 Å². The van der Waals surface area contributed by atoms with Crippen molar-refractivity contribution in [3.05, 3.63) is 213 Å². The van der Waals surface area contributed by atoms with Gasteiger partial charge in [0.1, 0.15) is 22.4 Å². The second-order valence-electron chi connectivity index (χ2n) is 22.4. The topological polar surface area (TPSA) is 159 Å². The smallest absolute Gasteiger partial charge is 0.292 e. The Kier molecular flexibility index (Phi) is 20.3.